The topological polar surface area (TPSA) is 122 Å². The lowest BCUT2D eigenvalue weighted by atomic mass is 10.2. The first-order chi connectivity index (χ1) is 12.3. The first kappa shape index (κ1) is 19.6. The van der Waals surface area contributed by atoms with Gasteiger partial charge in [-0.25, -0.2) is 18.1 Å². The number of likely N-dealkylation sites (N-methyl/N-ethyl adjacent to an activating group) is 1. The summed E-state index contributed by atoms with van der Waals surface area (Å²) in [5.74, 6) is -0.623. The third kappa shape index (κ3) is 3.75. The molecule has 1 aromatic rings. The molecule has 12 heteroatoms. The third-order valence-corrected chi connectivity index (χ3v) is 7.69. The minimum Gasteiger partial charge on any atom is -0.622 e. The van der Waals surface area contributed by atoms with Crippen LogP contribution in [0.1, 0.15) is 26.2 Å². The van der Waals surface area contributed by atoms with E-state index in [1.54, 1.807) is 18.9 Å². The van der Waals surface area contributed by atoms with E-state index in [0.717, 1.165) is 17.8 Å². The number of hydroxylamine groups is 2. The number of ether oxygens (including phenoxy) is 2. The number of carbonyl (C=O) groups excluding carboxylic acids is 1. The maximum absolute atomic E-state index is 13.4. The number of sulfone groups is 1. The SMILES string of the molecule is CCCS(=O)(=O)c1nnc([N+]2([O-])CN(C)CC2OC(=O)C2CCCO2)s1. The molecule has 0 amide bonds. The van der Waals surface area contributed by atoms with Gasteiger partial charge >= 0.3 is 11.1 Å². The van der Waals surface area contributed by atoms with Crippen molar-refractivity contribution in [3.8, 4) is 0 Å². The molecule has 0 aliphatic carbocycles. The molecule has 0 spiro atoms. The summed E-state index contributed by atoms with van der Waals surface area (Å²) >= 11 is 0.741. The molecule has 1 aromatic heterocycles. The summed E-state index contributed by atoms with van der Waals surface area (Å²) < 4.78 is 33.8. The van der Waals surface area contributed by atoms with Gasteiger partial charge in [0, 0.05) is 6.61 Å². The Morgan fingerprint density at radius 1 is 1.50 bits per heavy atom. The molecule has 3 atom stereocenters. The number of hydrogen-bond acceptors (Lipinski definition) is 10. The minimum atomic E-state index is -3.56. The first-order valence-electron chi connectivity index (χ1n) is 8.42. The Balaban J connectivity index is 1.81. The van der Waals surface area contributed by atoms with Gasteiger partial charge in [0.2, 0.25) is 14.2 Å². The number of hydrogen-bond donors (Lipinski definition) is 0. The maximum atomic E-state index is 13.4. The summed E-state index contributed by atoms with van der Waals surface area (Å²) in [5.41, 5.74) is 0. The summed E-state index contributed by atoms with van der Waals surface area (Å²) in [7, 11) is -1.84. The minimum absolute atomic E-state index is 0.00801. The highest BCUT2D eigenvalue weighted by atomic mass is 32.2. The Morgan fingerprint density at radius 3 is 2.92 bits per heavy atom. The van der Waals surface area contributed by atoms with E-state index in [4.69, 9.17) is 9.47 Å². The largest absolute Gasteiger partial charge is 0.622 e. The number of aromatic nitrogens is 2. The molecule has 10 nitrogen and oxygen atoms in total. The highest BCUT2D eigenvalue weighted by molar-refractivity contribution is 7.93. The van der Waals surface area contributed by atoms with Gasteiger partial charge in [-0.15, -0.1) is 5.10 Å². The Kier molecular flexibility index (Phi) is 5.61. The summed E-state index contributed by atoms with van der Waals surface area (Å²) in [6.45, 7) is 2.46. The monoisotopic (exact) mass is 406 g/mol. The second-order valence-electron chi connectivity index (χ2n) is 6.54. The van der Waals surface area contributed by atoms with Crippen LogP contribution in [-0.2, 0) is 24.1 Å². The number of quaternary nitrogens is 1. The van der Waals surface area contributed by atoms with E-state index in [1.165, 1.54) is 0 Å². The number of nitrogens with zero attached hydrogens (tertiary/aromatic N) is 4. The van der Waals surface area contributed by atoms with Crippen molar-refractivity contribution in [2.24, 2.45) is 0 Å². The zero-order valence-corrected chi connectivity index (χ0v) is 16.3. The molecule has 2 aliphatic heterocycles. The molecule has 3 heterocycles. The second-order valence-corrected chi connectivity index (χ2v) is 9.78. The summed E-state index contributed by atoms with van der Waals surface area (Å²) in [6.07, 6.45) is 0.101. The zero-order chi connectivity index (χ0) is 18.9. The molecule has 2 fully saturated rings. The molecule has 0 aromatic carbocycles. The van der Waals surface area contributed by atoms with E-state index in [9.17, 15) is 18.4 Å². The molecular formula is C14H22N4O6S2. The van der Waals surface area contributed by atoms with Crippen molar-refractivity contribution < 1.29 is 22.7 Å². The van der Waals surface area contributed by atoms with E-state index < -0.39 is 32.8 Å². The first-order valence-corrected chi connectivity index (χ1v) is 10.9. The maximum Gasteiger partial charge on any atom is 0.339 e. The van der Waals surface area contributed by atoms with Crippen LogP contribution in [0.25, 0.3) is 0 Å². The van der Waals surface area contributed by atoms with Crippen LogP contribution in [0.4, 0.5) is 5.13 Å². The molecule has 2 aliphatic rings. The molecule has 0 N–H and O–H groups in total. The van der Waals surface area contributed by atoms with Crippen LogP contribution < -0.4 is 4.65 Å². The smallest absolute Gasteiger partial charge is 0.339 e. The fourth-order valence-corrected chi connectivity index (χ4v) is 5.53. The predicted molar refractivity (Wildman–Crippen MR) is 93.8 cm³/mol. The van der Waals surface area contributed by atoms with Crippen LogP contribution in [0.15, 0.2) is 4.34 Å². The highest BCUT2D eigenvalue weighted by Gasteiger charge is 2.46. The van der Waals surface area contributed by atoms with Crippen LogP contribution in [0.2, 0.25) is 0 Å². The molecule has 26 heavy (non-hydrogen) atoms. The Labute approximate surface area is 155 Å². The molecule has 3 unspecified atom stereocenters. The van der Waals surface area contributed by atoms with Gasteiger partial charge in [-0.1, -0.05) is 12.0 Å². The fourth-order valence-electron chi connectivity index (χ4n) is 3.02. The molecular weight excluding hydrogens is 384 g/mol. The standard InChI is InChI=1S/C14H22N4O6S2/c1-3-7-26(21,22)14-16-15-13(25-14)18(20)9-17(2)8-11(18)24-12(19)10-5-4-6-23-10/h10-11H,3-9H2,1-2H3. The van der Waals surface area contributed by atoms with Gasteiger partial charge in [-0.3, -0.25) is 4.65 Å². The van der Waals surface area contributed by atoms with Crippen molar-refractivity contribution in [3.63, 3.8) is 0 Å². The Morgan fingerprint density at radius 2 is 2.27 bits per heavy atom. The van der Waals surface area contributed by atoms with Crippen molar-refractivity contribution in [1.82, 2.24) is 19.7 Å². The van der Waals surface area contributed by atoms with Crippen LogP contribution in [-0.4, -0.2) is 74.4 Å². The van der Waals surface area contributed by atoms with E-state index in [1.807, 2.05) is 0 Å². The molecule has 0 radical (unpaired) electrons. The van der Waals surface area contributed by atoms with E-state index >= 15 is 0 Å². The number of rotatable bonds is 6. The molecule has 2 saturated heterocycles. The molecule has 3 rings (SSSR count). The summed E-state index contributed by atoms with van der Waals surface area (Å²) in [4.78, 5) is 13.9. The molecule has 0 saturated carbocycles. The van der Waals surface area contributed by atoms with Crippen molar-refractivity contribution in [3.05, 3.63) is 5.21 Å². The van der Waals surface area contributed by atoms with Crippen LogP contribution in [0.3, 0.4) is 0 Å². The average Bonchev–Trinajstić information content (AvgIpc) is 3.28. The van der Waals surface area contributed by atoms with E-state index in [-0.39, 0.29) is 28.4 Å². The Hall–Kier alpha value is -1.18. The second kappa shape index (κ2) is 7.44. The fraction of sp³-hybridized carbons (Fsp3) is 0.786. The lowest BCUT2D eigenvalue weighted by molar-refractivity contribution is -0.164. The Bertz CT molecular complexity index is 763. The predicted octanol–water partition coefficient (Wildman–Crippen LogP) is 0.478. The van der Waals surface area contributed by atoms with Crippen molar-refractivity contribution in [1.29, 1.82) is 0 Å². The normalized spacial score (nSPS) is 30.0. The van der Waals surface area contributed by atoms with E-state index in [2.05, 4.69) is 10.2 Å². The van der Waals surface area contributed by atoms with Gasteiger partial charge in [0.05, 0.1) is 12.3 Å². The van der Waals surface area contributed by atoms with Gasteiger partial charge < -0.3 is 14.7 Å². The van der Waals surface area contributed by atoms with Crippen LogP contribution in [0, 0.1) is 5.21 Å². The third-order valence-electron chi connectivity index (χ3n) is 4.29. The van der Waals surface area contributed by atoms with Gasteiger partial charge in [-0.05, 0) is 37.6 Å². The van der Waals surface area contributed by atoms with Gasteiger partial charge in [0.1, 0.15) is 6.67 Å². The quantitative estimate of drug-likeness (QED) is 0.377. The number of carbonyl (C=O) groups is 1. The lowest BCUT2D eigenvalue weighted by Gasteiger charge is -2.38. The number of esters is 1. The van der Waals surface area contributed by atoms with Crippen molar-refractivity contribution in [2.75, 3.05) is 32.6 Å². The lowest BCUT2D eigenvalue weighted by Crippen LogP contribution is -2.51. The molecule has 0 bridgehead atoms. The molecule has 146 valence electrons. The van der Waals surface area contributed by atoms with Gasteiger partial charge in [0.15, 0.2) is 6.10 Å². The summed E-state index contributed by atoms with van der Waals surface area (Å²) in [5, 5.41) is 20.9. The highest BCUT2D eigenvalue weighted by Crippen LogP contribution is 2.35. The van der Waals surface area contributed by atoms with Crippen molar-refractivity contribution in [2.45, 2.75) is 42.9 Å². The van der Waals surface area contributed by atoms with E-state index in [0.29, 0.717) is 19.4 Å². The van der Waals surface area contributed by atoms with Gasteiger partial charge in [-0.2, -0.15) is 0 Å². The van der Waals surface area contributed by atoms with Crippen molar-refractivity contribution >= 4 is 32.3 Å². The van der Waals surface area contributed by atoms with Gasteiger partial charge in [0.25, 0.3) is 6.23 Å². The van der Waals surface area contributed by atoms with Crippen LogP contribution >= 0.6 is 11.3 Å². The summed E-state index contributed by atoms with van der Waals surface area (Å²) in [6, 6.07) is 0. The van der Waals surface area contributed by atoms with Crippen LogP contribution in [0.5, 0.6) is 0 Å². The average molecular weight is 406 g/mol. The zero-order valence-electron chi connectivity index (χ0n) is 14.7.